The first-order valence-electron chi connectivity index (χ1n) is 4.91. The summed E-state index contributed by atoms with van der Waals surface area (Å²) in [5.74, 6) is 0.928. The van der Waals surface area contributed by atoms with E-state index in [1.165, 1.54) is 0 Å². The molecule has 0 aromatic carbocycles. The lowest BCUT2D eigenvalue weighted by atomic mass is 10.3. The Kier molecular flexibility index (Phi) is 2.45. The van der Waals surface area contributed by atoms with E-state index in [9.17, 15) is 0 Å². The molecule has 5 heteroatoms. The van der Waals surface area contributed by atoms with Gasteiger partial charge in [-0.15, -0.1) is 0 Å². The van der Waals surface area contributed by atoms with Crippen molar-refractivity contribution < 1.29 is 0 Å². The molecule has 2 N–H and O–H groups in total. The molecule has 15 heavy (non-hydrogen) atoms. The first kappa shape index (κ1) is 9.76. The van der Waals surface area contributed by atoms with Crippen LogP contribution in [0.1, 0.15) is 17.2 Å². The van der Waals surface area contributed by atoms with Crippen molar-refractivity contribution in [1.82, 2.24) is 19.7 Å². The summed E-state index contributed by atoms with van der Waals surface area (Å²) in [5, 5.41) is 7.66. The van der Waals surface area contributed by atoms with Crippen LogP contribution in [0.15, 0.2) is 12.4 Å². The topological polar surface area (TPSA) is 58.5 Å². The normalized spacial score (nSPS) is 10.6. The largest absolute Gasteiger partial charge is 0.375 e. The Bertz CT molecular complexity index is 441. The number of hydrogen-bond donors (Lipinski definition) is 2. The predicted molar refractivity (Wildman–Crippen MR) is 58.6 cm³/mol. The number of anilines is 1. The van der Waals surface area contributed by atoms with E-state index in [4.69, 9.17) is 0 Å². The molecule has 0 aliphatic carbocycles. The third-order valence-corrected chi connectivity index (χ3v) is 2.50. The molecule has 0 saturated heterocycles. The van der Waals surface area contributed by atoms with E-state index in [1.54, 1.807) is 6.20 Å². The van der Waals surface area contributed by atoms with Crippen molar-refractivity contribution in [3.63, 3.8) is 0 Å². The van der Waals surface area contributed by atoms with E-state index in [-0.39, 0.29) is 0 Å². The van der Waals surface area contributed by atoms with Gasteiger partial charge >= 0.3 is 0 Å². The molecule has 0 aliphatic heterocycles. The fraction of sp³-hybridized carbons (Fsp3) is 0.400. The van der Waals surface area contributed by atoms with Gasteiger partial charge in [0.25, 0.3) is 0 Å². The summed E-state index contributed by atoms with van der Waals surface area (Å²) in [4.78, 5) is 7.20. The van der Waals surface area contributed by atoms with Gasteiger partial charge in [-0.25, -0.2) is 4.98 Å². The van der Waals surface area contributed by atoms with E-state index in [0.29, 0.717) is 6.54 Å². The van der Waals surface area contributed by atoms with Crippen LogP contribution in [-0.4, -0.2) is 19.7 Å². The zero-order valence-electron chi connectivity index (χ0n) is 9.20. The predicted octanol–water partition coefficient (Wildman–Crippen LogP) is 1.37. The Balaban J connectivity index is 2.11. The van der Waals surface area contributed by atoms with Gasteiger partial charge in [0.05, 0.1) is 23.6 Å². The molecule has 80 valence electrons. The standard InChI is InChI=1S/C10H15N5/c1-7-10(8(2)15(3)14-7)13-6-9-11-4-5-12-9/h4-5,13H,6H2,1-3H3,(H,11,12). The number of imidazole rings is 1. The highest BCUT2D eigenvalue weighted by Gasteiger charge is 2.08. The number of H-pyrrole nitrogens is 1. The number of aromatic nitrogens is 4. The second kappa shape index (κ2) is 3.76. The van der Waals surface area contributed by atoms with Gasteiger partial charge in [-0.3, -0.25) is 4.68 Å². The Morgan fingerprint density at radius 3 is 2.80 bits per heavy atom. The van der Waals surface area contributed by atoms with Crippen molar-refractivity contribution >= 4 is 5.69 Å². The highest BCUT2D eigenvalue weighted by Crippen LogP contribution is 2.18. The SMILES string of the molecule is Cc1nn(C)c(C)c1NCc1ncc[nH]1. The fourth-order valence-electron chi connectivity index (χ4n) is 1.60. The molecule has 0 amide bonds. The maximum Gasteiger partial charge on any atom is 0.125 e. The van der Waals surface area contributed by atoms with Crippen molar-refractivity contribution in [3.8, 4) is 0 Å². The molecule has 2 aromatic heterocycles. The van der Waals surface area contributed by atoms with Crippen molar-refractivity contribution in [2.75, 3.05) is 5.32 Å². The first-order valence-corrected chi connectivity index (χ1v) is 4.91. The van der Waals surface area contributed by atoms with Gasteiger partial charge in [0.2, 0.25) is 0 Å². The van der Waals surface area contributed by atoms with Crippen molar-refractivity contribution in [2.24, 2.45) is 7.05 Å². The maximum absolute atomic E-state index is 4.33. The second-order valence-corrected chi connectivity index (χ2v) is 3.56. The minimum Gasteiger partial charge on any atom is -0.375 e. The average molecular weight is 205 g/mol. The van der Waals surface area contributed by atoms with Gasteiger partial charge < -0.3 is 10.3 Å². The van der Waals surface area contributed by atoms with E-state index in [0.717, 1.165) is 22.9 Å². The van der Waals surface area contributed by atoms with Crippen LogP contribution >= 0.6 is 0 Å². The molecular formula is C10H15N5. The number of hydrogen-bond acceptors (Lipinski definition) is 3. The van der Waals surface area contributed by atoms with Crippen LogP contribution in [-0.2, 0) is 13.6 Å². The molecule has 0 aliphatic rings. The van der Waals surface area contributed by atoms with Crippen LogP contribution in [0.25, 0.3) is 0 Å². The molecular weight excluding hydrogens is 190 g/mol. The summed E-state index contributed by atoms with van der Waals surface area (Å²) in [6.45, 7) is 4.74. The van der Waals surface area contributed by atoms with Gasteiger partial charge in [-0.05, 0) is 13.8 Å². The van der Waals surface area contributed by atoms with Gasteiger partial charge in [0.1, 0.15) is 5.82 Å². The number of rotatable bonds is 3. The van der Waals surface area contributed by atoms with Crippen molar-refractivity contribution in [3.05, 3.63) is 29.6 Å². The lowest BCUT2D eigenvalue weighted by molar-refractivity contribution is 0.731. The monoisotopic (exact) mass is 205 g/mol. The Labute approximate surface area is 88.5 Å². The van der Waals surface area contributed by atoms with Gasteiger partial charge in [-0.1, -0.05) is 0 Å². The number of aromatic amines is 1. The maximum atomic E-state index is 4.33. The van der Waals surface area contributed by atoms with Crippen LogP contribution in [0, 0.1) is 13.8 Å². The summed E-state index contributed by atoms with van der Waals surface area (Å²) in [6.07, 6.45) is 3.57. The number of aryl methyl sites for hydroxylation is 2. The highest BCUT2D eigenvalue weighted by atomic mass is 15.3. The van der Waals surface area contributed by atoms with Crippen molar-refractivity contribution in [2.45, 2.75) is 20.4 Å². The lowest BCUT2D eigenvalue weighted by Gasteiger charge is -2.04. The molecule has 0 radical (unpaired) electrons. The molecule has 0 atom stereocenters. The summed E-state index contributed by atoms with van der Waals surface area (Å²) < 4.78 is 1.87. The minimum atomic E-state index is 0.695. The fourth-order valence-corrected chi connectivity index (χ4v) is 1.60. The van der Waals surface area contributed by atoms with E-state index in [1.807, 2.05) is 31.8 Å². The molecule has 0 saturated carbocycles. The zero-order valence-corrected chi connectivity index (χ0v) is 9.20. The number of nitrogens with one attached hydrogen (secondary N) is 2. The quantitative estimate of drug-likeness (QED) is 0.795. The first-order chi connectivity index (χ1) is 7.18. The molecule has 0 unspecified atom stereocenters. The lowest BCUT2D eigenvalue weighted by Crippen LogP contribution is -2.03. The molecule has 0 fully saturated rings. The van der Waals surface area contributed by atoms with E-state index in [2.05, 4.69) is 20.4 Å². The zero-order chi connectivity index (χ0) is 10.8. The summed E-state index contributed by atoms with van der Waals surface area (Å²) in [6, 6.07) is 0. The highest BCUT2D eigenvalue weighted by molar-refractivity contribution is 5.51. The summed E-state index contributed by atoms with van der Waals surface area (Å²) in [5.41, 5.74) is 3.24. The smallest absolute Gasteiger partial charge is 0.125 e. The molecule has 2 heterocycles. The Morgan fingerprint density at radius 1 is 1.47 bits per heavy atom. The summed E-state index contributed by atoms with van der Waals surface area (Å²) >= 11 is 0. The van der Waals surface area contributed by atoms with E-state index < -0.39 is 0 Å². The number of nitrogens with zero attached hydrogens (tertiary/aromatic N) is 3. The average Bonchev–Trinajstić information content (AvgIpc) is 2.76. The Morgan fingerprint density at radius 2 is 2.27 bits per heavy atom. The van der Waals surface area contributed by atoms with Gasteiger partial charge in [0.15, 0.2) is 0 Å². The van der Waals surface area contributed by atoms with Crippen LogP contribution in [0.4, 0.5) is 5.69 Å². The Hall–Kier alpha value is -1.78. The molecule has 5 nitrogen and oxygen atoms in total. The van der Waals surface area contributed by atoms with Crippen molar-refractivity contribution in [1.29, 1.82) is 0 Å². The molecule has 2 rings (SSSR count). The third kappa shape index (κ3) is 1.86. The van der Waals surface area contributed by atoms with E-state index >= 15 is 0 Å². The molecule has 2 aromatic rings. The van der Waals surface area contributed by atoms with Crippen LogP contribution in [0.3, 0.4) is 0 Å². The molecule has 0 bridgehead atoms. The summed E-state index contributed by atoms with van der Waals surface area (Å²) in [7, 11) is 1.94. The second-order valence-electron chi connectivity index (χ2n) is 3.56. The van der Waals surface area contributed by atoms with Crippen LogP contribution < -0.4 is 5.32 Å². The van der Waals surface area contributed by atoms with Crippen LogP contribution in [0.2, 0.25) is 0 Å². The van der Waals surface area contributed by atoms with Gasteiger partial charge in [0, 0.05) is 19.4 Å². The van der Waals surface area contributed by atoms with Crippen LogP contribution in [0.5, 0.6) is 0 Å². The minimum absolute atomic E-state index is 0.695. The third-order valence-electron chi connectivity index (χ3n) is 2.50. The molecule has 0 spiro atoms. The van der Waals surface area contributed by atoms with Gasteiger partial charge in [-0.2, -0.15) is 5.10 Å².